The number of ether oxygens (including phenoxy) is 1. The first kappa shape index (κ1) is 25.7. The maximum atomic E-state index is 13.7. The highest BCUT2D eigenvalue weighted by Crippen LogP contribution is 2.36. The Hall–Kier alpha value is -2.37. The Kier molecular flexibility index (Phi) is 8.24. The van der Waals surface area contributed by atoms with Crippen molar-refractivity contribution in [3.05, 3.63) is 28.8 Å². The number of primary amides is 1. The van der Waals surface area contributed by atoms with Crippen LogP contribution in [-0.2, 0) is 0 Å². The van der Waals surface area contributed by atoms with Crippen molar-refractivity contribution in [3.8, 4) is 5.75 Å². The van der Waals surface area contributed by atoms with E-state index in [4.69, 9.17) is 22.1 Å². The number of hydrogen-bond acceptors (Lipinski definition) is 3. The first-order chi connectivity index (χ1) is 13.7. The van der Waals surface area contributed by atoms with Crippen molar-refractivity contribution in [1.82, 2.24) is 10.0 Å². The number of urea groups is 1. The Morgan fingerprint density at radius 3 is 1.87 bits per heavy atom. The summed E-state index contributed by atoms with van der Waals surface area (Å²) in [6.07, 6.45) is -12.0. The van der Waals surface area contributed by atoms with Crippen LogP contribution in [-0.4, -0.2) is 53.5 Å². The molecule has 0 radical (unpaired) electrons. The fourth-order valence-corrected chi connectivity index (χ4v) is 3.03. The number of nitrogens with zero attached hydrogens (tertiary/aromatic N) is 2. The van der Waals surface area contributed by atoms with Crippen LogP contribution in [0.5, 0.6) is 5.75 Å². The number of halogens is 7. The minimum Gasteiger partial charge on any atom is -0.496 e. The molecule has 1 aromatic carbocycles. The van der Waals surface area contributed by atoms with Crippen LogP contribution in [0.4, 0.5) is 31.1 Å². The lowest BCUT2D eigenvalue weighted by Gasteiger charge is -2.43. The van der Waals surface area contributed by atoms with Gasteiger partial charge in [0.2, 0.25) is 0 Å². The van der Waals surface area contributed by atoms with Gasteiger partial charge < -0.3 is 10.5 Å². The Balaban J connectivity index is 3.80. The van der Waals surface area contributed by atoms with Gasteiger partial charge in [-0.2, -0.15) is 26.3 Å². The highest BCUT2D eigenvalue weighted by atomic mass is 35.5. The molecule has 170 valence electrons. The summed E-state index contributed by atoms with van der Waals surface area (Å²) in [4.78, 5) is 25.0. The summed E-state index contributed by atoms with van der Waals surface area (Å²) in [5, 5.41) is -0.796. The summed E-state index contributed by atoms with van der Waals surface area (Å²) in [7, 11) is 1.10. The molecule has 0 aliphatic heterocycles. The van der Waals surface area contributed by atoms with E-state index in [1.165, 1.54) is 6.07 Å². The molecule has 2 atom stereocenters. The Bertz CT molecular complexity index is 772. The van der Waals surface area contributed by atoms with Gasteiger partial charge in [-0.05, 0) is 31.0 Å². The summed E-state index contributed by atoms with van der Waals surface area (Å²) in [5.41, 5.74) is 4.46. The smallest absolute Gasteiger partial charge is 0.410 e. The van der Waals surface area contributed by atoms with E-state index in [1.54, 1.807) is 0 Å². The van der Waals surface area contributed by atoms with Crippen molar-refractivity contribution in [1.29, 1.82) is 0 Å². The largest absolute Gasteiger partial charge is 0.496 e. The molecular formula is C17H20ClF6N3O3. The Labute approximate surface area is 173 Å². The molecule has 1 aromatic rings. The molecule has 0 saturated heterocycles. The van der Waals surface area contributed by atoms with Gasteiger partial charge >= 0.3 is 18.4 Å². The highest BCUT2D eigenvalue weighted by molar-refractivity contribution is 6.31. The summed E-state index contributed by atoms with van der Waals surface area (Å²) in [5.74, 6) is -1.84. The molecule has 0 aliphatic carbocycles. The van der Waals surface area contributed by atoms with Crippen molar-refractivity contribution in [2.75, 3.05) is 7.11 Å². The van der Waals surface area contributed by atoms with Crippen LogP contribution in [0.25, 0.3) is 0 Å². The van der Waals surface area contributed by atoms with Crippen molar-refractivity contribution in [2.45, 2.75) is 51.1 Å². The third-order valence-corrected chi connectivity index (χ3v) is 4.41. The quantitative estimate of drug-likeness (QED) is 0.488. The van der Waals surface area contributed by atoms with Gasteiger partial charge in [-0.25, -0.2) is 14.8 Å². The minimum absolute atomic E-state index is 0.0901. The number of hydrazine groups is 1. The van der Waals surface area contributed by atoms with Gasteiger partial charge in [0.05, 0.1) is 12.7 Å². The van der Waals surface area contributed by atoms with Gasteiger partial charge in [-0.15, -0.1) is 0 Å². The van der Waals surface area contributed by atoms with Crippen molar-refractivity contribution < 1.29 is 40.7 Å². The van der Waals surface area contributed by atoms with Gasteiger partial charge in [0.25, 0.3) is 5.91 Å². The molecule has 0 aliphatic rings. The fourth-order valence-electron chi connectivity index (χ4n) is 2.86. The second kappa shape index (κ2) is 9.63. The van der Waals surface area contributed by atoms with Gasteiger partial charge in [-0.1, -0.05) is 25.4 Å². The predicted octanol–water partition coefficient (Wildman–Crippen LogP) is 4.77. The van der Waals surface area contributed by atoms with Crippen LogP contribution in [0.2, 0.25) is 5.02 Å². The zero-order chi connectivity index (χ0) is 23.4. The summed E-state index contributed by atoms with van der Waals surface area (Å²) >= 11 is 5.80. The lowest BCUT2D eigenvalue weighted by Crippen LogP contribution is -2.65. The molecule has 0 fully saturated rings. The summed E-state index contributed by atoms with van der Waals surface area (Å²) in [6, 6.07) is -4.10. The van der Waals surface area contributed by atoms with Crippen LogP contribution in [0.15, 0.2) is 18.2 Å². The molecule has 6 nitrogen and oxygen atoms in total. The van der Waals surface area contributed by atoms with E-state index in [1.807, 2.05) is 0 Å². The van der Waals surface area contributed by atoms with E-state index in [9.17, 15) is 35.9 Å². The monoisotopic (exact) mass is 463 g/mol. The number of alkyl halides is 6. The van der Waals surface area contributed by atoms with Crippen LogP contribution in [0.3, 0.4) is 0 Å². The lowest BCUT2D eigenvalue weighted by atomic mass is 10.1. The van der Waals surface area contributed by atoms with Crippen LogP contribution in [0, 0.1) is 0 Å². The van der Waals surface area contributed by atoms with E-state index in [0.717, 1.165) is 33.1 Å². The number of rotatable bonds is 6. The molecule has 0 aromatic heterocycles. The normalized spacial score (nSPS) is 14.1. The maximum Gasteiger partial charge on any atom is 0.410 e. The van der Waals surface area contributed by atoms with E-state index in [0.29, 0.717) is 0 Å². The molecule has 30 heavy (non-hydrogen) atoms. The summed E-state index contributed by atoms with van der Waals surface area (Å²) < 4.78 is 86.5. The van der Waals surface area contributed by atoms with Crippen molar-refractivity contribution >= 4 is 23.5 Å². The van der Waals surface area contributed by atoms with Gasteiger partial charge in [0.1, 0.15) is 11.8 Å². The standard InChI is InChI=1S/C17H20ClF6N3O3/c1-4-12(16(19,20)21)26(27(15(25)29)13(5-2)17(22,23)24)14(28)10-8-9(18)6-7-11(10)30-3/h6-8,12-13H,4-5H2,1-3H3,(H2,25,29). The molecule has 0 spiro atoms. The van der Waals surface area contributed by atoms with E-state index in [-0.39, 0.29) is 15.8 Å². The van der Waals surface area contributed by atoms with E-state index in [2.05, 4.69) is 0 Å². The SMILES string of the molecule is CCC(N(C(N)=O)N(C(=O)c1cc(Cl)ccc1OC)C(CC)C(F)(F)F)C(F)(F)F. The van der Waals surface area contributed by atoms with Crippen LogP contribution in [0.1, 0.15) is 37.0 Å². The van der Waals surface area contributed by atoms with Gasteiger partial charge in [0.15, 0.2) is 6.04 Å². The molecular weight excluding hydrogens is 444 g/mol. The first-order valence-electron chi connectivity index (χ1n) is 8.59. The zero-order valence-electron chi connectivity index (χ0n) is 16.1. The number of hydrogen-bond donors (Lipinski definition) is 1. The molecule has 2 N–H and O–H groups in total. The topological polar surface area (TPSA) is 75.9 Å². The molecule has 1 rings (SSSR count). The van der Waals surface area contributed by atoms with Crippen molar-refractivity contribution in [2.24, 2.45) is 5.73 Å². The lowest BCUT2D eigenvalue weighted by molar-refractivity contribution is -0.239. The predicted molar refractivity (Wildman–Crippen MR) is 95.9 cm³/mol. The molecule has 0 heterocycles. The molecule has 13 heteroatoms. The van der Waals surface area contributed by atoms with Gasteiger partial charge in [0, 0.05) is 5.02 Å². The Morgan fingerprint density at radius 2 is 1.50 bits per heavy atom. The molecule has 2 unspecified atom stereocenters. The first-order valence-corrected chi connectivity index (χ1v) is 8.97. The second-order valence-corrected chi connectivity index (χ2v) is 6.54. The number of carbonyl (C=O) groups is 2. The number of benzene rings is 1. The maximum absolute atomic E-state index is 13.7. The fraction of sp³-hybridized carbons (Fsp3) is 0.529. The third-order valence-electron chi connectivity index (χ3n) is 4.18. The molecule has 3 amide bonds. The molecule has 0 bridgehead atoms. The zero-order valence-corrected chi connectivity index (χ0v) is 16.9. The second-order valence-electron chi connectivity index (χ2n) is 6.11. The Morgan fingerprint density at radius 1 is 1.03 bits per heavy atom. The third kappa shape index (κ3) is 5.61. The summed E-state index contributed by atoms with van der Waals surface area (Å²) in [6.45, 7) is 1.99. The minimum atomic E-state index is -5.17. The molecule has 0 saturated carbocycles. The van der Waals surface area contributed by atoms with Gasteiger partial charge in [-0.3, -0.25) is 4.79 Å². The highest BCUT2D eigenvalue weighted by Gasteiger charge is 2.54. The average molecular weight is 464 g/mol. The number of amides is 3. The van der Waals surface area contributed by atoms with Crippen molar-refractivity contribution in [3.63, 3.8) is 0 Å². The van der Waals surface area contributed by atoms with Crippen LogP contribution < -0.4 is 10.5 Å². The van der Waals surface area contributed by atoms with E-state index >= 15 is 0 Å². The average Bonchev–Trinajstić information content (AvgIpc) is 2.61. The number of methoxy groups -OCH3 is 1. The number of nitrogens with two attached hydrogens (primary N) is 1. The number of carbonyl (C=O) groups excluding carboxylic acids is 2. The van der Waals surface area contributed by atoms with E-state index < -0.39 is 59.8 Å². The van der Waals surface area contributed by atoms with Crippen LogP contribution >= 0.6 is 11.6 Å².